The highest BCUT2D eigenvalue weighted by molar-refractivity contribution is 6.65. The normalized spacial score (nSPS) is 21.2. The van der Waals surface area contributed by atoms with E-state index in [1.54, 1.807) is 0 Å². The SMILES string of the molecule is CC1(C)OB(c2cc(N)cc3[nH]ccc23)OC1(C)C. The number of nitrogen functional groups attached to an aromatic ring is 1. The molecule has 100 valence electrons. The number of rotatable bonds is 1. The van der Waals surface area contributed by atoms with Gasteiger partial charge in [-0.05, 0) is 56.7 Å². The Morgan fingerprint density at radius 1 is 1.11 bits per heavy atom. The summed E-state index contributed by atoms with van der Waals surface area (Å²) in [5, 5.41) is 1.09. The summed E-state index contributed by atoms with van der Waals surface area (Å²) >= 11 is 0. The van der Waals surface area contributed by atoms with Crippen LogP contribution in [0.4, 0.5) is 5.69 Å². The maximum atomic E-state index is 6.09. The molecule has 3 rings (SSSR count). The lowest BCUT2D eigenvalue weighted by Gasteiger charge is -2.32. The highest BCUT2D eigenvalue weighted by Crippen LogP contribution is 2.37. The molecule has 1 aromatic heterocycles. The molecule has 19 heavy (non-hydrogen) atoms. The van der Waals surface area contributed by atoms with E-state index in [9.17, 15) is 0 Å². The number of H-pyrrole nitrogens is 1. The van der Waals surface area contributed by atoms with E-state index >= 15 is 0 Å². The molecule has 0 bridgehead atoms. The van der Waals surface area contributed by atoms with Crippen LogP contribution in [-0.2, 0) is 9.31 Å². The third-order valence-electron chi connectivity index (χ3n) is 4.23. The number of hydrogen-bond donors (Lipinski definition) is 2. The molecule has 1 fully saturated rings. The van der Waals surface area contributed by atoms with Crippen LogP contribution in [0.15, 0.2) is 24.4 Å². The zero-order valence-corrected chi connectivity index (χ0v) is 11.8. The van der Waals surface area contributed by atoms with E-state index in [0.29, 0.717) is 5.69 Å². The van der Waals surface area contributed by atoms with Crippen molar-refractivity contribution < 1.29 is 9.31 Å². The van der Waals surface area contributed by atoms with Gasteiger partial charge in [-0.3, -0.25) is 0 Å². The molecule has 2 heterocycles. The van der Waals surface area contributed by atoms with Crippen LogP contribution in [0.1, 0.15) is 27.7 Å². The maximum absolute atomic E-state index is 6.09. The molecule has 0 radical (unpaired) electrons. The van der Waals surface area contributed by atoms with E-state index in [0.717, 1.165) is 16.4 Å². The number of hydrogen-bond acceptors (Lipinski definition) is 3. The smallest absolute Gasteiger partial charge is 0.399 e. The minimum Gasteiger partial charge on any atom is -0.399 e. The van der Waals surface area contributed by atoms with Crippen LogP contribution in [-0.4, -0.2) is 23.3 Å². The average molecular weight is 258 g/mol. The molecule has 1 aromatic carbocycles. The predicted molar refractivity (Wildman–Crippen MR) is 78.4 cm³/mol. The standard InChI is InChI=1S/C14H19BN2O2/c1-13(2)14(3,4)19-15(18-13)11-7-9(16)8-12-10(11)5-6-17-12/h5-8,17H,16H2,1-4H3. The number of aromatic nitrogens is 1. The van der Waals surface area contributed by atoms with Crippen molar-refractivity contribution in [2.24, 2.45) is 0 Å². The van der Waals surface area contributed by atoms with E-state index in [1.165, 1.54) is 0 Å². The molecule has 1 aliphatic rings. The largest absolute Gasteiger partial charge is 0.495 e. The van der Waals surface area contributed by atoms with Crippen LogP contribution in [0.3, 0.4) is 0 Å². The van der Waals surface area contributed by atoms with Crippen molar-refractivity contribution in [3.05, 3.63) is 24.4 Å². The van der Waals surface area contributed by atoms with Crippen molar-refractivity contribution in [3.8, 4) is 0 Å². The van der Waals surface area contributed by atoms with Gasteiger partial charge < -0.3 is 20.0 Å². The summed E-state index contributed by atoms with van der Waals surface area (Å²) in [5.41, 5.74) is 7.96. The lowest BCUT2D eigenvalue weighted by atomic mass is 9.77. The van der Waals surface area contributed by atoms with E-state index in [-0.39, 0.29) is 18.3 Å². The maximum Gasteiger partial charge on any atom is 0.495 e. The van der Waals surface area contributed by atoms with Crippen LogP contribution in [0, 0.1) is 0 Å². The Hall–Kier alpha value is -1.46. The number of benzene rings is 1. The zero-order chi connectivity index (χ0) is 13.8. The fourth-order valence-electron chi connectivity index (χ4n) is 2.38. The van der Waals surface area contributed by atoms with Gasteiger partial charge in [-0.15, -0.1) is 0 Å². The quantitative estimate of drug-likeness (QED) is 0.608. The van der Waals surface area contributed by atoms with Gasteiger partial charge in [0.15, 0.2) is 0 Å². The van der Waals surface area contributed by atoms with Gasteiger partial charge in [-0.1, -0.05) is 0 Å². The monoisotopic (exact) mass is 258 g/mol. The number of nitrogens with two attached hydrogens (primary N) is 1. The molecule has 0 atom stereocenters. The number of aromatic amines is 1. The average Bonchev–Trinajstić information content (AvgIpc) is 2.80. The minimum absolute atomic E-state index is 0.342. The highest BCUT2D eigenvalue weighted by Gasteiger charge is 2.52. The van der Waals surface area contributed by atoms with Crippen molar-refractivity contribution in [2.45, 2.75) is 38.9 Å². The molecule has 0 amide bonds. The Morgan fingerprint density at radius 2 is 1.74 bits per heavy atom. The zero-order valence-electron chi connectivity index (χ0n) is 11.8. The van der Waals surface area contributed by atoms with Gasteiger partial charge >= 0.3 is 7.12 Å². The van der Waals surface area contributed by atoms with Gasteiger partial charge in [0.1, 0.15) is 0 Å². The lowest BCUT2D eigenvalue weighted by molar-refractivity contribution is 0.00578. The summed E-state index contributed by atoms with van der Waals surface area (Å²) in [4.78, 5) is 3.17. The Kier molecular flexibility index (Phi) is 2.50. The lowest BCUT2D eigenvalue weighted by Crippen LogP contribution is -2.41. The second-order valence-corrected chi connectivity index (χ2v) is 6.14. The Morgan fingerprint density at radius 3 is 2.37 bits per heavy atom. The first-order valence-corrected chi connectivity index (χ1v) is 6.52. The van der Waals surface area contributed by atoms with Crippen molar-refractivity contribution in [3.63, 3.8) is 0 Å². The molecule has 3 N–H and O–H groups in total. The number of nitrogens with one attached hydrogen (secondary N) is 1. The molecule has 0 aliphatic carbocycles. The van der Waals surface area contributed by atoms with Crippen LogP contribution < -0.4 is 11.2 Å². The fourth-order valence-corrected chi connectivity index (χ4v) is 2.38. The fraction of sp³-hybridized carbons (Fsp3) is 0.429. The molecule has 4 nitrogen and oxygen atoms in total. The van der Waals surface area contributed by atoms with Crippen LogP contribution in [0.25, 0.3) is 10.9 Å². The second-order valence-electron chi connectivity index (χ2n) is 6.14. The second kappa shape index (κ2) is 3.77. The molecule has 0 saturated carbocycles. The Bertz CT molecular complexity index is 617. The minimum atomic E-state index is -0.383. The molecular weight excluding hydrogens is 239 g/mol. The molecular formula is C14H19BN2O2. The highest BCUT2D eigenvalue weighted by atomic mass is 16.7. The van der Waals surface area contributed by atoms with Gasteiger partial charge in [-0.25, -0.2) is 0 Å². The summed E-state index contributed by atoms with van der Waals surface area (Å²) in [5.74, 6) is 0. The van der Waals surface area contributed by atoms with Gasteiger partial charge in [0.05, 0.1) is 11.2 Å². The van der Waals surface area contributed by atoms with Crippen LogP contribution in [0.2, 0.25) is 0 Å². The van der Waals surface area contributed by atoms with Gasteiger partial charge in [0.2, 0.25) is 0 Å². The van der Waals surface area contributed by atoms with E-state index in [1.807, 2.05) is 52.1 Å². The summed E-state index contributed by atoms with van der Waals surface area (Å²) in [7, 11) is -0.383. The molecule has 0 spiro atoms. The summed E-state index contributed by atoms with van der Waals surface area (Å²) < 4.78 is 12.2. The number of fused-ring (bicyclic) bond motifs is 1. The van der Waals surface area contributed by atoms with Gasteiger partial charge in [-0.2, -0.15) is 0 Å². The van der Waals surface area contributed by atoms with Crippen LogP contribution in [0.5, 0.6) is 0 Å². The summed E-state index contributed by atoms with van der Waals surface area (Å²) in [6, 6.07) is 5.87. The van der Waals surface area contributed by atoms with Crippen molar-refractivity contribution in [1.82, 2.24) is 4.98 Å². The van der Waals surface area contributed by atoms with E-state index < -0.39 is 0 Å². The van der Waals surface area contributed by atoms with Crippen LogP contribution >= 0.6 is 0 Å². The third kappa shape index (κ3) is 1.85. The predicted octanol–water partition coefficient (Wildman–Crippen LogP) is 2.05. The first kappa shape index (κ1) is 12.6. The molecule has 1 saturated heterocycles. The summed E-state index contributed by atoms with van der Waals surface area (Å²) in [6.45, 7) is 8.20. The molecule has 5 heteroatoms. The first-order valence-electron chi connectivity index (χ1n) is 6.52. The molecule has 2 aromatic rings. The van der Waals surface area contributed by atoms with Crippen molar-refractivity contribution >= 4 is 29.2 Å². The Balaban J connectivity index is 2.09. The van der Waals surface area contributed by atoms with Crippen molar-refractivity contribution in [1.29, 1.82) is 0 Å². The molecule has 1 aliphatic heterocycles. The third-order valence-corrected chi connectivity index (χ3v) is 4.23. The van der Waals surface area contributed by atoms with E-state index in [2.05, 4.69) is 4.98 Å². The Labute approximate surface area is 113 Å². The molecule has 0 unspecified atom stereocenters. The topological polar surface area (TPSA) is 60.3 Å². The van der Waals surface area contributed by atoms with Crippen molar-refractivity contribution in [2.75, 3.05) is 5.73 Å². The first-order chi connectivity index (χ1) is 8.80. The van der Waals surface area contributed by atoms with Gasteiger partial charge in [0.25, 0.3) is 0 Å². The number of anilines is 1. The van der Waals surface area contributed by atoms with Gasteiger partial charge in [0, 0.05) is 17.4 Å². The van der Waals surface area contributed by atoms with E-state index in [4.69, 9.17) is 15.0 Å². The summed E-state index contributed by atoms with van der Waals surface area (Å²) in [6.07, 6.45) is 1.90.